The molecule has 1 aromatic heterocycles. The van der Waals surface area contributed by atoms with Crippen molar-refractivity contribution in [3.8, 4) is 22.4 Å². The number of fused-ring (bicyclic) bond motifs is 3. The average molecular weight is 437 g/mol. The minimum Gasteiger partial charge on any atom is -0.477 e. The fourth-order valence-corrected chi connectivity index (χ4v) is 4.40. The van der Waals surface area contributed by atoms with Crippen LogP contribution in [0.2, 0.25) is 10.0 Å². The Morgan fingerprint density at radius 3 is 2.48 bits per heavy atom. The van der Waals surface area contributed by atoms with E-state index in [9.17, 15) is 9.90 Å². The molecule has 1 aliphatic carbocycles. The van der Waals surface area contributed by atoms with Crippen LogP contribution in [0.15, 0.2) is 40.9 Å². The van der Waals surface area contributed by atoms with Gasteiger partial charge in [0.15, 0.2) is 0 Å². The highest BCUT2D eigenvalue weighted by Gasteiger charge is 2.27. The maximum Gasteiger partial charge on any atom is 0.352 e. The predicted molar refractivity (Wildman–Crippen MR) is 104 cm³/mol. The van der Waals surface area contributed by atoms with Crippen molar-refractivity contribution < 1.29 is 9.90 Å². The molecule has 0 atom stereocenters. The Kier molecular flexibility index (Phi) is 4.14. The zero-order valence-electron chi connectivity index (χ0n) is 12.9. The van der Waals surface area contributed by atoms with Crippen LogP contribution in [0.1, 0.15) is 21.6 Å². The maximum atomic E-state index is 11.8. The minimum absolute atomic E-state index is 0.166. The van der Waals surface area contributed by atoms with Gasteiger partial charge in [-0.15, -0.1) is 0 Å². The normalized spacial score (nSPS) is 12.6. The molecule has 0 saturated heterocycles. The topological polar surface area (TPSA) is 53.1 Å². The molecule has 3 aromatic rings. The van der Waals surface area contributed by atoms with Gasteiger partial charge in [0.2, 0.25) is 0 Å². The minimum atomic E-state index is -1.00. The second kappa shape index (κ2) is 6.20. The molecule has 25 heavy (non-hydrogen) atoms. The highest BCUT2D eigenvalue weighted by molar-refractivity contribution is 9.10. The number of aromatic amines is 1. The van der Waals surface area contributed by atoms with Gasteiger partial charge < -0.3 is 10.1 Å². The number of aromatic carboxylic acids is 1. The summed E-state index contributed by atoms with van der Waals surface area (Å²) >= 11 is 15.8. The molecule has 0 spiro atoms. The molecule has 0 bridgehead atoms. The van der Waals surface area contributed by atoms with Crippen molar-refractivity contribution in [3.05, 3.63) is 67.7 Å². The zero-order valence-corrected chi connectivity index (χ0v) is 16.0. The summed E-state index contributed by atoms with van der Waals surface area (Å²) in [5.41, 5.74) is 5.62. The van der Waals surface area contributed by atoms with E-state index in [4.69, 9.17) is 23.2 Å². The van der Waals surface area contributed by atoms with Crippen LogP contribution in [-0.2, 0) is 12.8 Å². The first-order valence-corrected chi connectivity index (χ1v) is 9.22. The molecule has 1 heterocycles. The third-order valence-corrected chi connectivity index (χ3v) is 5.38. The van der Waals surface area contributed by atoms with Gasteiger partial charge in [0.25, 0.3) is 0 Å². The number of hydrogen-bond donors (Lipinski definition) is 2. The Balaban J connectivity index is 2.00. The van der Waals surface area contributed by atoms with Gasteiger partial charge in [-0.1, -0.05) is 45.2 Å². The van der Waals surface area contributed by atoms with E-state index >= 15 is 0 Å². The molecule has 3 nitrogen and oxygen atoms in total. The third-order valence-electron chi connectivity index (χ3n) is 4.45. The van der Waals surface area contributed by atoms with Crippen molar-refractivity contribution in [2.24, 2.45) is 0 Å². The third kappa shape index (κ3) is 2.88. The summed E-state index contributed by atoms with van der Waals surface area (Å²) in [6.07, 6.45) is 1.60. The van der Waals surface area contributed by atoms with Gasteiger partial charge in [0.1, 0.15) is 5.69 Å². The summed E-state index contributed by atoms with van der Waals surface area (Å²) < 4.78 is 1.02. The Morgan fingerprint density at radius 2 is 1.80 bits per heavy atom. The number of hydrogen-bond acceptors (Lipinski definition) is 1. The maximum absolute atomic E-state index is 11.8. The van der Waals surface area contributed by atoms with E-state index in [1.165, 1.54) is 5.56 Å². The van der Waals surface area contributed by atoms with Crippen LogP contribution in [0.5, 0.6) is 0 Å². The lowest BCUT2D eigenvalue weighted by molar-refractivity contribution is 0.0692. The Labute approximate surface area is 162 Å². The lowest BCUT2D eigenvalue weighted by Crippen LogP contribution is -2.03. The molecule has 0 aliphatic heterocycles. The highest BCUT2D eigenvalue weighted by Crippen LogP contribution is 2.42. The number of nitrogens with one attached hydrogen (secondary N) is 1. The SMILES string of the molecule is O=C(O)c1[nH]c2c(c1-c1cc(Cl)cc(Cl)c1)CCc1cc(Br)ccc1-2. The molecule has 2 N–H and O–H groups in total. The van der Waals surface area contributed by atoms with Crippen LogP contribution in [-0.4, -0.2) is 16.1 Å². The number of aryl methyl sites for hydroxylation is 1. The van der Waals surface area contributed by atoms with Crippen LogP contribution >= 0.6 is 39.1 Å². The smallest absolute Gasteiger partial charge is 0.352 e. The molecule has 0 fully saturated rings. The van der Waals surface area contributed by atoms with Crippen LogP contribution in [0.25, 0.3) is 22.4 Å². The number of carboxylic acids is 1. The molecular formula is C19H12BrCl2NO2. The van der Waals surface area contributed by atoms with E-state index < -0.39 is 5.97 Å². The summed E-state index contributed by atoms with van der Waals surface area (Å²) in [4.78, 5) is 15.0. The monoisotopic (exact) mass is 435 g/mol. The first-order chi connectivity index (χ1) is 11.9. The Bertz CT molecular complexity index is 1010. The molecule has 126 valence electrons. The van der Waals surface area contributed by atoms with E-state index in [0.717, 1.165) is 34.1 Å². The van der Waals surface area contributed by atoms with E-state index in [2.05, 4.69) is 27.0 Å². The molecule has 0 radical (unpaired) electrons. The molecule has 6 heteroatoms. The first-order valence-electron chi connectivity index (χ1n) is 7.67. The number of benzene rings is 2. The summed E-state index contributed by atoms with van der Waals surface area (Å²) in [5, 5.41) is 10.7. The molecular weight excluding hydrogens is 425 g/mol. The molecule has 0 unspecified atom stereocenters. The summed E-state index contributed by atoms with van der Waals surface area (Å²) in [6.45, 7) is 0. The van der Waals surface area contributed by atoms with Gasteiger partial charge >= 0.3 is 5.97 Å². The van der Waals surface area contributed by atoms with Crippen LogP contribution < -0.4 is 0 Å². The second-order valence-electron chi connectivity index (χ2n) is 5.99. The van der Waals surface area contributed by atoms with E-state index in [0.29, 0.717) is 21.2 Å². The van der Waals surface area contributed by atoms with Crippen molar-refractivity contribution in [3.63, 3.8) is 0 Å². The summed E-state index contributed by atoms with van der Waals surface area (Å²) in [6, 6.07) is 11.2. The largest absolute Gasteiger partial charge is 0.477 e. The van der Waals surface area contributed by atoms with Gasteiger partial charge in [0.05, 0.1) is 5.69 Å². The quantitative estimate of drug-likeness (QED) is 0.501. The lowest BCUT2D eigenvalue weighted by Gasteiger charge is -2.18. The highest BCUT2D eigenvalue weighted by atomic mass is 79.9. The lowest BCUT2D eigenvalue weighted by atomic mass is 9.87. The van der Waals surface area contributed by atoms with Crippen molar-refractivity contribution in [1.29, 1.82) is 0 Å². The Morgan fingerprint density at radius 1 is 1.08 bits per heavy atom. The predicted octanol–water partition coefficient (Wildman–Crippen LogP) is 6.21. The average Bonchev–Trinajstić information content (AvgIpc) is 2.93. The molecule has 2 aromatic carbocycles. The van der Waals surface area contributed by atoms with E-state index in [1.807, 2.05) is 12.1 Å². The number of carboxylic acid groups (broad SMARTS) is 1. The summed E-state index contributed by atoms with van der Waals surface area (Å²) in [5.74, 6) is -1.00. The molecule has 0 amide bonds. The fraction of sp³-hybridized carbons (Fsp3) is 0.105. The van der Waals surface area contributed by atoms with Crippen LogP contribution in [0.4, 0.5) is 0 Å². The molecule has 4 rings (SSSR count). The summed E-state index contributed by atoms with van der Waals surface area (Å²) in [7, 11) is 0. The van der Waals surface area contributed by atoms with Crippen molar-refractivity contribution in [2.75, 3.05) is 0 Å². The number of H-pyrrole nitrogens is 1. The second-order valence-corrected chi connectivity index (χ2v) is 7.78. The van der Waals surface area contributed by atoms with Crippen molar-refractivity contribution in [1.82, 2.24) is 4.98 Å². The van der Waals surface area contributed by atoms with Gasteiger partial charge in [-0.2, -0.15) is 0 Å². The number of rotatable bonds is 2. The zero-order chi connectivity index (χ0) is 17.7. The Hall–Kier alpha value is -1.75. The van der Waals surface area contributed by atoms with Gasteiger partial charge in [-0.3, -0.25) is 0 Å². The standard InChI is InChI=1S/C19H12BrCl2NO2/c20-11-2-4-14-9(5-11)1-3-15-16(18(19(24)25)23-17(14)15)10-6-12(21)8-13(22)7-10/h2,4-8,23H,1,3H2,(H,24,25). The van der Waals surface area contributed by atoms with Gasteiger partial charge in [-0.05, 0) is 59.9 Å². The molecule has 0 saturated carbocycles. The fourth-order valence-electron chi connectivity index (χ4n) is 3.47. The van der Waals surface area contributed by atoms with E-state index in [1.54, 1.807) is 18.2 Å². The van der Waals surface area contributed by atoms with Crippen molar-refractivity contribution >= 4 is 45.1 Å². The first kappa shape index (κ1) is 16.7. The number of aromatic nitrogens is 1. The van der Waals surface area contributed by atoms with Crippen molar-refractivity contribution in [2.45, 2.75) is 12.8 Å². The molecule has 1 aliphatic rings. The van der Waals surface area contributed by atoms with Crippen LogP contribution in [0.3, 0.4) is 0 Å². The number of carbonyl (C=O) groups is 1. The van der Waals surface area contributed by atoms with E-state index in [-0.39, 0.29) is 5.69 Å². The van der Waals surface area contributed by atoms with Crippen LogP contribution in [0, 0.1) is 0 Å². The van der Waals surface area contributed by atoms with Gasteiger partial charge in [0, 0.05) is 25.6 Å². The van der Waals surface area contributed by atoms with Gasteiger partial charge in [-0.25, -0.2) is 4.79 Å². The number of halogens is 3.